The van der Waals surface area contributed by atoms with Crippen LogP contribution in [0.1, 0.15) is 25.5 Å². The van der Waals surface area contributed by atoms with E-state index in [1.54, 1.807) is 12.1 Å². The van der Waals surface area contributed by atoms with Crippen LogP contribution in [0.3, 0.4) is 0 Å². The molecule has 0 spiro atoms. The number of primary sulfonamides is 1. The summed E-state index contributed by atoms with van der Waals surface area (Å²) >= 11 is 0. The Morgan fingerprint density at radius 3 is 2.17 bits per heavy atom. The second kappa shape index (κ2) is 8.49. The van der Waals surface area contributed by atoms with Crippen molar-refractivity contribution >= 4 is 10.0 Å². The molecule has 0 aliphatic rings. The van der Waals surface area contributed by atoms with E-state index >= 15 is 0 Å². The number of alkyl halides is 3. The Kier molecular flexibility index (Phi) is 6.18. The quantitative estimate of drug-likeness (QED) is 0.526. The molecule has 10 heteroatoms. The van der Waals surface area contributed by atoms with Gasteiger partial charge < -0.3 is 4.74 Å². The number of halogens is 3. The molecule has 1 heterocycles. The van der Waals surface area contributed by atoms with Crippen LogP contribution in [0.2, 0.25) is 0 Å². The Bertz CT molecular complexity index is 1110. The first-order valence-corrected chi connectivity index (χ1v) is 10.7. The average Bonchev–Trinajstić information content (AvgIpc) is 3.14. The number of aromatic nitrogens is 2. The summed E-state index contributed by atoms with van der Waals surface area (Å²) in [5.74, 6) is 0.559. The van der Waals surface area contributed by atoms with Gasteiger partial charge in [0, 0.05) is 11.1 Å². The average molecular weight is 439 g/mol. The minimum absolute atomic E-state index is 0.0444. The van der Waals surface area contributed by atoms with E-state index in [4.69, 9.17) is 9.88 Å². The van der Waals surface area contributed by atoms with Gasteiger partial charge >= 0.3 is 6.18 Å². The Balaban J connectivity index is 2.04. The van der Waals surface area contributed by atoms with Gasteiger partial charge in [-0.15, -0.1) is 0 Å². The van der Waals surface area contributed by atoms with Crippen LogP contribution >= 0.6 is 0 Å². The van der Waals surface area contributed by atoms with E-state index in [-0.39, 0.29) is 16.2 Å². The normalized spacial score (nSPS) is 12.2. The van der Waals surface area contributed by atoms with Crippen molar-refractivity contribution in [1.29, 1.82) is 0 Å². The number of ether oxygens (including phenoxy) is 1. The summed E-state index contributed by atoms with van der Waals surface area (Å²) in [6, 6.07) is 11.4. The Labute approximate surface area is 171 Å². The maximum absolute atomic E-state index is 13.6. The third-order valence-electron chi connectivity index (χ3n) is 4.42. The first-order valence-electron chi connectivity index (χ1n) is 9.13. The fourth-order valence-corrected chi connectivity index (χ4v) is 3.41. The van der Waals surface area contributed by atoms with Gasteiger partial charge in [0.1, 0.15) is 17.1 Å². The minimum atomic E-state index is -4.66. The molecule has 0 fully saturated rings. The molecule has 160 valence electrons. The molecule has 3 rings (SSSR count). The number of nitrogens with one attached hydrogen (secondary N) is 1. The topological polar surface area (TPSA) is 98.1 Å². The van der Waals surface area contributed by atoms with Crippen molar-refractivity contribution in [3.05, 3.63) is 54.2 Å². The summed E-state index contributed by atoms with van der Waals surface area (Å²) in [5, 5.41) is 11.0. The fourth-order valence-electron chi connectivity index (χ4n) is 2.89. The third-order valence-corrected chi connectivity index (χ3v) is 5.34. The lowest BCUT2D eigenvalue weighted by molar-refractivity contribution is -0.140. The van der Waals surface area contributed by atoms with E-state index in [9.17, 15) is 21.6 Å². The van der Waals surface area contributed by atoms with Gasteiger partial charge in [0.15, 0.2) is 0 Å². The van der Waals surface area contributed by atoms with Crippen molar-refractivity contribution in [3.63, 3.8) is 0 Å². The monoisotopic (exact) mass is 439 g/mol. The maximum Gasteiger partial charge on any atom is 0.433 e. The number of H-pyrrole nitrogens is 1. The van der Waals surface area contributed by atoms with Gasteiger partial charge in [-0.3, -0.25) is 5.10 Å². The van der Waals surface area contributed by atoms with Gasteiger partial charge in [0.2, 0.25) is 10.0 Å². The molecule has 0 atom stereocenters. The van der Waals surface area contributed by atoms with Crippen LogP contribution in [0.4, 0.5) is 13.2 Å². The van der Waals surface area contributed by atoms with Gasteiger partial charge in [-0.25, -0.2) is 13.6 Å². The first-order chi connectivity index (χ1) is 14.1. The molecule has 0 saturated heterocycles. The number of hydrogen-bond acceptors (Lipinski definition) is 4. The molecule has 0 unspecified atom stereocenters. The highest BCUT2D eigenvalue weighted by Crippen LogP contribution is 2.41. The number of unbranched alkanes of at least 4 members (excludes halogenated alkanes) is 1. The van der Waals surface area contributed by atoms with Crippen molar-refractivity contribution < 1.29 is 26.3 Å². The predicted octanol–water partition coefficient (Wildman–Crippen LogP) is 4.59. The molecule has 3 aromatic rings. The van der Waals surface area contributed by atoms with Gasteiger partial charge in [-0.2, -0.15) is 18.3 Å². The zero-order valence-electron chi connectivity index (χ0n) is 16.0. The molecule has 0 aliphatic heterocycles. The lowest BCUT2D eigenvalue weighted by atomic mass is 9.98. The Morgan fingerprint density at radius 1 is 1.03 bits per heavy atom. The van der Waals surface area contributed by atoms with E-state index in [0.29, 0.717) is 23.5 Å². The smallest absolute Gasteiger partial charge is 0.433 e. The second-order valence-corrected chi connectivity index (χ2v) is 8.18. The van der Waals surface area contributed by atoms with Crippen LogP contribution in [0, 0.1) is 0 Å². The Hall–Kier alpha value is -2.85. The highest BCUT2D eigenvalue weighted by Gasteiger charge is 2.38. The molecular weight excluding hydrogens is 419 g/mol. The molecule has 1 aromatic heterocycles. The molecule has 0 radical (unpaired) electrons. The standard InChI is InChI=1S/C20H20F3N3O3S/c1-2-3-12-29-15-8-4-13(5-9-15)17-18(25-26-19(17)20(21,22)23)14-6-10-16(11-7-14)30(24,27)28/h4-11H,2-3,12H2,1H3,(H,25,26)(H2,24,27,28). The number of nitrogens with zero attached hydrogens (tertiary/aromatic N) is 1. The molecule has 0 amide bonds. The highest BCUT2D eigenvalue weighted by atomic mass is 32.2. The summed E-state index contributed by atoms with van der Waals surface area (Å²) in [5.41, 5.74) is -0.474. The molecule has 2 aromatic carbocycles. The van der Waals surface area contributed by atoms with Gasteiger partial charge in [0.25, 0.3) is 0 Å². The van der Waals surface area contributed by atoms with E-state index in [1.165, 1.54) is 36.4 Å². The number of rotatable bonds is 7. The Morgan fingerprint density at radius 2 is 1.63 bits per heavy atom. The number of hydrogen-bond donors (Lipinski definition) is 2. The van der Waals surface area contributed by atoms with Crippen LogP contribution in [-0.4, -0.2) is 25.2 Å². The summed E-state index contributed by atoms with van der Waals surface area (Å²) in [6.07, 6.45) is -2.81. The fraction of sp³-hybridized carbons (Fsp3) is 0.250. The molecule has 0 saturated carbocycles. The first kappa shape index (κ1) is 21.8. The van der Waals surface area contributed by atoms with Crippen LogP contribution in [0.25, 0.3) is 22.4 Å². The van der Waals surface area contributed by atoms with Crippen LogP contribution < -0.4 is 9.88 Å². The summed E-state index contributed by atoms with van der Waals surface area (Å²) < 4.78 is 69.1. The van der Waals surface area contributed by atoms with E-state index in [0.717, 1.165) is 12.8 Å². The zero-order chi connectivity index (χ0) is 21.9. The van der Waals surface area contributed by atoms with Crippen LogP contribution in [-0.2, 0) is 16.2 Å². The lowest BCUT2D eigenvalue weighted by Crippen LogP contribution is -2.11. The van der Waals surface area contributed by atoms with Crippen molar-refractivity contribution in [2.24, 2.45) is 5.14 Å². The summed E-state index contributed by atoms with van der Waals surface area (Å²) in [4.78, 5) is -0.145. The highest BCUT2D eigenvalue weighted by molar-refractivity contribution is 7.89. The number of benzene rings is 2. The molecule has 0 aliphatic carbocycles. The number of nitrogens with two attached hydrogens (primary N) is 1. The van der Waals surface area contributed by atoms with Gasteiger partial charge in [-0.1, -0.05) is 37.6 Å². The summed E-state index contributed by atoms with van der Waals surface area (Å²) in [7, 11) is -3.92. The van der Waals surface area contributed by atoms with Crippen LogP contribution in [0.15, 0.2) is 53.4 Å². The maximum atomic E-state index is 13.6. The number of sulfonamides is 1. The van der Waals surface area contributed by atoms with Gasteiger partial charge in [-0.05, 0) is 36.2 Å². The van der Waals surface area contributed by atoms with Crippen LogP contribution in [0.5, 0.6) is 5.75 Å². The molecule has 0 bridgehead atoms. The van der Waals surface area contributed by atoms with E-state index in [1.807, 2.05) is 6.92 Å². The van der Waals surface area contributed by atoms with Gasteiger partial charge in [0.05, 0.1) is 11.5 Å². The lowest BCUT2D eigenvalue weighted by Gasteiger charge is -2.11. The third kappa shape index (κ3) is 4.82. The molecule has 6 nitrogen and oxygen atoms in total. The van der Waals surface area contributed by atoms with Crippen molar-refractivity contribution in [2.45, 2.75) is 30.8 Å². The van der Waals surface area contributed by atoms with Crippen molar-refractivity contribution in [3.8, 4) is 28.1 Å². The zero-order valence-corrected chi connectivity index (χ0v) is 16.8. The SMILES string of the molecule is CCCCOc1ccc(-c2c(-c3ccc(S(N)(=O)=O)cc3)n[nH]c2C(F)(F)F)cc1. The molecular formula is C20H20F3N3O3S. The molecule has 30 heavy (non-hydrogen) atoms. The van der Waals surface area contributed by atoms with E-state index < -0.39 is 21.9 Å². The second-order valence-electron chi connectivity index (χ2n) is 6.62. The largest absolute Gasteiger partial charge is 0.494 e. The predicted molar refractivity (Wildman–Crippen MR) is 106 cm³/mol. The summed E-state index contributed by atoms with van der Waals surface area (Å²) in [6.45, 7) is 2.55. The van der Waals surface area contributed by atoms with Crippen molar-refractivity contribution in [2.75, 3.05) is 6.61 Å². The molecule has 3 N–H and O–H groups in total. The van der Waals surface area contributed by atoms with Crippen molar-refractivity contribution in [1.82, 2.24) is 10.2 Å². The minimum Gasteiger partial charge on any atom is -0.494 e. The number of aromatic amines is 1. The van der Waals surface area contributed by atoms with E-state index in [2.05, 4.69) is 10.2 Å².